The Morgan fingerprint density at radius 2 is 1.50 bits per heavy atom. The third-order valence-corrected chi connectivity index (χ3v) is 5.22. The van der Waals surface area contributed by atoms with Crippen LogP contribution in [-0.4, -0.2) is 11.3 Å². The molecule has 24 heavy (non-hydrogen) atoms. The van der Waals surface area contributed by atoms with E-state index in [1.165, 1.54) is 16.7 Å². The second-order valence-electron chi connectivity index (χ2n) is 5.61. The maximum atomic E-state index is 10.9. The van der Waals surface area contributed by atoms with Crippen molar-refractivity contribution in [3.05, 3.63) is 65.5 Å². The molecule has 0 saturated carbocycles. The lowest BCUT2D eigenvalue weighted by Gasteiger charge is -2.04. The Bertz CT molecular complexity index is 1160. The Balaban J connectivity index is 1.93. The quantitative estimate of drug-likeness (QED) is 0.309. The summed E-state index contributed by atoms with van der Waals surface area (Å²) in [6, 6.07) is 20.1. The number of oxazole rings is 1. The lowest BCUT2D eigenvalue weighted by Crippen LogP contribution is -1.80. The Kier molecular flexibility index (Phi) is 2.81. The number of thiophene rings is 1. The van der Waals surface area contributed by atoms with Gasteiger partial charge in [0, 0.05) is 10.8 Å². The van der Waals surface area contributed by atoms with Gasteiger partial charge in [-0.2, -0.15) is 0 Å². The van der Waals surface area contributed by atoms with Gasteiger partial charge >= 0.3 is 0 Å². The molecular formula is C20H11NO2S. The number of fused-ring (bicyclic) bond motifs is 6. The molecule has 114 valence electrons. The highest BCUT2D eigenvalue weighted by Crippen LogP contribution is 2.38. The fourth-order valence-electron chi connectivity index (χ4n) is 3.16. The molecule has 2 aromatic heterocycles. The lowest BCUT2D eigenvalue weighted by atomic mass is 10.0. The number of aromatic nitrogens is 1. The maximum absolute atomic E-state index is 10.9. The van der Waals surface area contributed by atoms with Crippen LogP contribution in [-0.2, 0) is 0 Å². The van der Waals surface area contributed by atoms with E-state index in [0.29, 0.717) is 10.8 Å². The van der Waals surface area contributed by atoms with Crippen LogP contribution in [0.25, 0.3) is 43.4 Å². The number of benzene rings is 3. The van der Waals surface area contributed by atoms with Crippen LogP contribution in [0.15, 0.2) is 65.1 Å². The van der Waals surface area contributed by atoms with E-state index in [4.69, 9.17) is 9.40 Å². The number of carbonyl (C=O) groups is 1. The van der Waals surface area contributed by atoms with Gasteiger partial charge in [0.05, 0.1) is 9.75 Å². The summed E-state index contributed by atoms with van der Waals surface area (Å²) in [5, 5.41) is 4.45. The summed E-state index contributed by atoms with van der Waals surface area (Å²) in [7, 11) is 0. The average Bonchev–Trinajstić information content (AvgIpc) is 3.29. The third kappa shape index (κ3) is 1.83. The molecular weight excluding hydrogens is 318 g/mol. The van der Waals surface area contributed by atoms with Gasteiger partial charge in [0.25, 0.3) is 0 Å². The van der Waals surface area contributed by atoms with Gasteiger partial charge in [-0.3, -0.25) is 4.79 Å². The van der Waals surface area contributed by atoms with Crippen molar-refractivity contribution in [3.8, 4) is 10.8 Å². The fourth-order valence-corrected chi connectivity index (χ4v) is 3.91. The van der Waals surface area contributed by atoms with Crippen LogP contribution in [0.3, 0.4) is 0 Å². The van der Waals surface area contributed by atoms with E-state index in [0.717, 1.165) is 38.4 Å². The Morgan fingerprint density at radius 3 is 2.21 bits per heavy atom. The average molecular weight is 329 g/mol. The number of hydrogen-bond acceptors (Lipinski definition) is 4. The third-order valence-electron chi connectivity index (χ3n) is 4.22. The van der Waals surface area contributed by atoms with Crippen molar-refractivity contribution in [2.24, 2.45) is 0 Å². The highest BCUT2D eigenvalue weighted by Gasteiger charge is 2.16. The summed E-state index contributed by atoms with van der Waals surface area (Å²) in [4.78, 5) is 17.2. The van der Waals surface area contributed by atoms with E-state index < -0.39 is 0 Å². The Hall–Kier alpha value is -2.98. The zero-order valence-corrected chi connectivity index (χ0v) is 13.3. The van der Waals surface area contributed by atoms with E-state index in [-0.39, 0.29) is 0 Å². The largest absolute Gasteiger partial charge is 0.435 e. The van der Waals surface area contributed by atoms with Gasteiger partial charge in [0.15, 0.2) is 11.9 Å². The zero-order valence-electron chi connectivity index (χ0n) is 12.5. The highest BCUT2D eigenvalue weighted by molar-refractivity contribution is 7.16. The van der Waals surface area contributed by atoms with Gasteiger partial charge in [-0.05, 0) is 22.9 Å². The second kappa shape index (κ2) is 5.01. The molecule has 3 nitrogen and oxygen atoms in total. The predicted molar refractivity (Wildman–Crippen MR) is 97.7 cm³/mol. The van der Waals surface area contributed by atoms with Crippen LogP contribution in [0.1, 0.15) is 9.67 Å². The second-order valence-corrected chi connectivity index (χ2v) is 6.72. The molecule has 0 unspecified atom stereocenters. The molecule has 0 bridgehead atoms. The van der Waals surface area contributed by atoms with Crippen LogP contribution in [0, 0.1) is 0 Å². The molecule has 4 heteroatoms. The number of carbonyl (C=O) groups excluding carboxylic acids is 1. The van der Waals surface area contributed by atoms with E-state index in [1.807, 2.05) is 30.3 Å². The van der Waals surface area contributed by atoms with E-state index in [1.54, 1.807) is 6.07 Å². The van der Waals surface area contributed by atoms with Crippen molar-refractivity contribution in [1.82, 2.24) is 4.98 Å². The van der Waals surface area contributed by atoms with Crippen LogP contribution in [0.5, 0.6) is 0 Å². The minimum Gasteiger partial charge on any atom is -0.435 e. The minimum atomic E-state index is 0.560. The molecule has 0 saturated heterocycles. The van der Waals surface area contributed by atoms with Gasteiger partial charge in [-0.15, -0.1) is 11.3 Å². The monoisotopic (exact) mass is 329 g/mol. The van der Waals surface area contributed by atoms with Crippen molar-refractivity contribution < 1.29 is 9.21 Å². The zero-order chi connectivity index (χ0) is 16.1. The highest BCUT2D eigenvalue weighted by atomic mass is 32.1. The normalized spacial score (nSPS) is 11.5. The van der Waals surface area contributed by atoms with Crippen LogP contribution in [0.2, 0.25) is 0 Å². The first kappa shape index (κ1) is 13.5. The maximum Gasteiger partial charge on any atom is 0.237 e. The van der Waals surface area contributed by atoms with Gasteiger partial charge in [-0.25, -0.2) is 4.98 Å². The van der Waals surface area contributed by atoms with E-state index in [9.17, 15) is 4.79 Å². The van der Waals surface area contributed by atoms with Crippen molar-refractivity contribution in [1.29, 1.82) is 0 Å². The molecule has 5 rings (SSSR count). The summed E-state index contributed by atoms with van der Waals surface area (Å²) >= 11 is 1.39. The molecule has 5 aromatic rings. The standard InChI is InChI=1S/C20H11NO2S/c22-11-12-9-10-17(24-12)20-21-18-15-7-3-1-5-13(15)14-6-2-4-8-16(14)19(18)23-20/h1-11H. The molecule has 0 aliphatic heterocycles. The predicted octanol–water partition coefficient (Wildman–Crippen LogP) is 5.68. The molecule has 0 aliphatic rings. The van der Waals surface area contributed by atoms with Crippen LogP contribution < -0.4 is 0 Å². The molecule has 0 fully saturated rings. The van der Waals surface area contributed by atoms with Crippen LogP contribution >= 0.6 is 11.3 Å². The molecule has 0 atom stereocenters. The summed E-state index contributed by atoms with van der Waals surface area (Å²) in [5.74, 6) is 0.560. The van der Waals surface area contributed by atoms with Gasteiger partial charge in [-0.1, -0.05) is 48.5 Å². The first-order valence-corrected chi connectivity index (χ1v) is 8.42. The Labute approximate surface area is 141 Å². The number of aldehydes is 1. The fraction of sp³-hybridized carbons (Fsp3) is 0. The minimum absolute atomic E-state index is 0.560. The molecule has 0 amide bonds. The van der Waals surface area contributed by atoms with E-state index >= 15 is 0 Å². The molecule has 2 heterocycles. The summed E-state index contributed by atoms with van der Waals surface area (Å²) in [6.07, 6.45) is 0.849. The number of hydrogen-bond donors (Lipinski definition) is 0. The SMILES string of the molecule is O=Cc1ccc(-c2nc3c4ccccc4c4ccccc4c3o2)s1. The number of rotatable bonds is 2. The van der Waals surface area contributed by atoms with Crippen molar-refractivity contribution in [3.63, 3.8) is 0 Å². The molecule has 0 N–H and O–H groups in total. The smallest absolute Gasteiger partial charge is 0.237 e. The molecule has 0 spiro atoms. The molecule has 3 aromatic carbocycles. The number of nitrogens with zero attached hydrogens (tertiary/aromatic N) is 1. The first-order chi connectivity index (χ1) is 11.8. The van der Waals surface area contributed by atoms with Crippen molar-refractivity contribution in [2.75, 3.05) is 0 Å². The topological polar surface area (TPSA) is 43.1 Å². The first-order valence-electron chi connectivity index (χ1n) is 7.60. The Morgan fingerprint density at radius 1 is 0.833 bits per heavy atom. The van der Waals surface area contributed by atoms with Gasteiger partial charge in [0.2, 0.25) is 5.89 Å². The van der Waals surface area contributed by atoms with Crippen LogP contribution in [0.4, 0.5) is 0 Å². The summed E-state index contributed by atoms with van der Waals surface area (Å²) in [5.41, 5.74) is 1.65. The summed E-state index contributed by atoms with van der Waals surface area (Å²) in [6.45, 7) is 0. The van der Waals surface area contributed by atoms with E-state index in [2.05, 4.69) is 24.3 Å². The van der Waals surface area contributed by atoms with Gasteiger partial charge in [0.1, 0.15) is 5.52 Å². The molecule has 0 aliphatic carbocycles. The van der Waals surface area contributed by atoms with Crippen molar-refractivity contribution >= 4 is 50.3 Å². The van der Waals surface area contributed by atoms with Crippen molar-refractivity contribution in [2.45, 2.75) is 0 Å². The molecule has 0 radical (unpaired) electrons. The van der Waals surface area contributed by atoms with Gasteiger partial charge < -0.3 is 4.42 Å². The lowest BCUT2D eigenvalue weighted by molar-refractivity contribution is 0.112. The summed E-state index contributed by atoms with van der Waals surface area (Å²) < 4.78 is 6.12.